The zero-order valence-electron chi connectivity index (χ0n) is 9.40. The van der Waals surface area contributed by atoms with Crippen molar-refractivity contribution in [1.82, 2.24) is 0 Å². The molecular formula is C12H19ClFNO. The van der Waals surface area contributed by atoms with Crippen molar-refractivity contribution in [3.8, 4) is 0 Å². The number of aliphatic hydroxyl groups is 1. The molecule has 1 unspecified atom stereocenters. The van der Waals surface area contributed by atoms with Gasteiger partial charge in [0.05, 0.1) is 6.61 Å². The van der Waals surface area contributed by atoms with Gasteiger partial charge in [-0.25, -0.2) is 4.39 Å². The molecule has 0 heterocycles. The maximum Gasteiger partial charge on any atom is 0.123 e. The van der Waals surface area contributed by atoms with Gasteiger partial charge >= 0.3 is 0 Å². The van der Waals surface area contributed by atoms with Crippen LogP contribution in [-0.4, -0.2) is 17.8 Å². The molecule has 0 radical (unpaired) electrons. The quantitative estimate of drug-likeness (QED) is 0.838. The highest BCUT2D eigenvalue weighted by Crippen LogP contribution is 2.13. The third-order valence-corrected chi connectivity index (χ3v) is 2.41. The van der Waals surface area contributed by atoms with Gasteiger partial charge in [-0.1, -0.05) is 19.1 Å². The van der Waals surface area contributed by atoms with Crippen LogP contribution >= 0.6 is 12.4 Å². The molecule has 0 spiro atoms. The SMILES string of the molecule is CC(Cc1cccc(F)c1)C[C@H](N)CO.Cl. The van der Waals surface area contributed by atoms with Gasteiger partial charge in [-0.15, -0.1) is 12.4 Å². The largest absolute Gasteiger partial charge is 0.395 e. The second kappa shape index (κ2) is 7.60. The van der Waals surface area contributed by atoms with Gasteiger partial charge in [-0.05, 0) is 36.5 Å². The van der Waals surface area contributed by atoms with E-state index < -0.39 is 0 Å². The highest BCUT2D eigenvalue weighted by Gasteiger charge is 2.09. The molecule has 1 aromatic rings. The van der Waals surface area contributed by atoms with Gasteiger partial charge < -0.3 is 10.8 Å². The van der Waals surface area contributed by atoms with Crippen LogP contribution in [0, 0.1) is 11.7 Å². The van der Waals surface area contributed by atoms with Crippen LogP contribution in [0.25, 0.3) is 0 Å². The predicted octanol–water partition coefficient (Wildman–Crippen LogP) is 2.14. The van der Waals surface area contributed by atoms with Crippen LogP contribution < -0.4 is 5.73 Å². The fourth-order valence-corrected chi connectivity index (χ4v) is 1.74. The summed E-state index contributed by atoms with van der Waals surface area (Å²) in [5.41, 5.74) is 6.61. The summed E-state index contributed by atoms with van der Waals surface area (Å²) in [7, 11) is 0. The first-order valence-electron chi connectivity index (χ1n) is 5.22. The van der Waals surface area contributed by atoms with Crippen molar-refractivity contribution in [1.29, 1.82) is 0 Å². The maximum atomic E-state index is 12.9. The molecule has 0 aliphatic rings. The molecule has 4 heteroatoms. The molecule has 0 saturated carbocycles. The number of aliphatic hydroxyl groups excluding tert-OH is 1. The van der Waals surface area contributed by atoms with Gasteiger partial charge in [0.25, 0.3) is 0 Å². The first-order valence-corrected chi connectivity index (χ1v) is 5.22. The zero-order chi connectivity index (χ0) is 11.3. The fraction of sp³-hybridized carbons (Fsp3) is 0.500. The van der Waals surface area contributed by atoms with E-state index >= 15 is 0 Å². The molecule has 1 aromatic carbocycles. The average Bonchev–Trinajstić information content (AvgIpc) is 2.17. The van der Waals surface area contributed by atoms with Gasteiger partial charge in [0.1, 0.15) is 5.82 Å². The summed E-state index contributed by atoms with van der Waals surface area (Å²) < 4.78 is 12.9. The van der Waals surface area contributed by atoms with Crippen molar-refractivity contribution in [2.45, 2.75) is 25.8 Å². The molecule has 0 bridgehead atoms. The molecule has 0 amide bonds. The van der Waals surface area contributed by atoms with E-state index in [1.807, 2.05) is 6.07 Å². The molecule has 1 rings (SSSR count). The van der Waals surface area contributed by atoms with Crippen LogP contribution in [-0.2, 0) is 6.42 Å². The third kappa shape index (κ3) is 5.45. The lowest BCUT2D eigenvalue weighted by Gasteiger charge is -2.15. The standard InChI is InChI=1S/C12H18FNO.ClH/c1-9(6-12(14)8-15)5-10-3-2-4-11(13)7-10;/h2-4,7,9,12,15H,5-6,8,14H2,1H3;1H/t9?,12-;/m0./s1. The maximum absolute atomic E-state index is 12.9. The molecule has 0 saturated heterocycles. The summed E-state index contributed by atoms with van der Waals surface area (Å²) in [5.74, 6) is 0.153. The van der Waals surface area contributed by atoms with E-state index in [1.165, 1.54) is 6.07 Å². The van der Waals surface area contributed by atoms with Gasteiger partial charge in [-0.2, -0.15) is 0 Å². The monoisotopic (exact) mass is 247 g/mol. The van der Waals surface area contributed by atoms with E-state index in [1.54, 1.807) is 12.1 Å². The molecule has 16 heavy (non-hydrogen) atoms. The number of nitrogens with two attached hydrogens (primary N) is 1. The van der Waals surface area contributed by atoms with Crippen LogP contribution in [0.5, 0.6) is 0 Å². The lowest BCUT2D eigenvalue weighted by Crippen LogP contribution is -2.27. The van der Waals surface area contributed by atoms with Crippen LogP contribution in [0.15, 0.2) is 24.3 Å². The molecule has 0 aliphatic heterocycles. The van der Waals surface area contributed by atoms with Crippen molar-refractivity contribution in [3.05, 3.63) is 35.6 Å². The Bertz CT molecular complexity index is 309. The Balaban J connectivity index is 0.00000225. The number of rotatable bonds is 5. The summed E-state index contributed by atoms with van der Waals surface area (Å²) >= 11 is 0. The Hall–Kier alpha value is -0.640. The molecule has 2 nitrogen and oxygen atoms in total. The van der Waals surface area contributed by atoms with Crippen molar-refractivity contribution < 1.29 is 9.50 Å². The molecule has 3 N–H and O–H groups in total. The summed E-state index contributed by atoms with van der Waals surface area (Å²) in [4.78, 5) is 0. The molecule has 0 fully saturated rings. The minimum atomic E-state index is -0.203. The lowest BCUT2D eigenvalue weighted by atomic mass is 9.95. The van der Waals surface area contributed by atoms with E-state index in [2.05, 4.69) is 6.92 Å². The minimum Gasteiger partial charge on any atom is -0.395 e. The van der Waals surface area contributed by atoms with E-state index in [4.69, 9.17) is 10.8 Å². The van der Waals surface area contributed by atoms with E-state index in [0.717, 1.165) is 18.4 Å². The Kier molecular flexibility index (Phi) is 7.30. The molecule has 0 aliphatic carbocycles. The van der Waals surface area contributed by atoms with Crippen LogP contribution in [0.4, 0.5) is 4.39 Å². The van der Waals surface area contributed by atoms with Crippen LogP contribution in [0.2, 0.25) is 0 Å². The van der Waals surface area contributed by atoms with Crippen molar-refractivity contribution in [2.75, 3.05) is 6.61 Å². The first kappa shape index (κ1) is 15.4. The minimum absolute atomic E-state index is 0. The highest BCUT2D eigenvalue weighted by molar-refractivity contribution is 5.85. The second-order valence-electron chi connectivity index (χ2n) is 4.12. The highest BCUT2D eigenvalue weighted by atomic mass is 35.5. The molecule has 92 valence electrons. The molecule has 0 aromatic heterocycles. The first-order chi connectivity index (χ1) is 7.11. The normalized spacial score (nSPS) is 14.0. The van der Waals surface area contributed by atoms with Crippen LogP contribution in [0.3, 0.4) is 0 Å². The van der Waals surface area contributed by atoms with Crippen molar-refractivity contribution >= 4 is 12.4 Å². The Labute approximate surface area is 102 Å². The molecule has 2 atom stereocenters. The van der Waals surface area contributed by atoms with Gasteiger partial charge in [0.2, 0.25) is 0 Å². The van der Waals surface area contributed by atoms with Gasteiger partial charge in [-0.3, -0.25) is 0 Å². The summed E-state index contributed by atoms with van der Waals surface area (Å²) in [6, 6.07) is 6.43. The molecular weight excluding hydrogens is 229 g/mol. The van der Waals surface area contributed by atoms with Gasteiger partial charge in [0.15, 0.2) is 0 Å². The summed E-state index contributed by atoms with van der Waals surface area (Å²) in [5, 5.41) is 8.81. The lowest BCUT2D eigenvalue weighted by molar-refractivity contribution is 0.247. The fourth-order valence-electron chi connectivity index (χ4n) is 1.74. The third-order valence-electron chi connectivity index (χ3n) is 2.41. The Morgan fingerprint density at radius 1 is 1.44 bits per heavy atom. The van der Waals surface area contributed by atoms with Gasteiger partial charge in [0, 0.05) is 6.04 Å². The Morgan fingerprint density at radius 3 is 2.69 bits per heavy atom. The predicted molar refractivity (Wildman–Crippen MR) is 66.2 cm³/mol. The summed E-state index contributed by atoms with van der Waals surface area (Å²) in [6.45, 7) is 2.06. The number of benzene rings is 1. The van der Waals surface area contributed by atoms with Crippen LogP contribution in [0.1, 0.15) is 18.9 Å². The second-order valence-corrected chi connectivity index (χ2v) is 4.12. The van der Waals surface area contributed by atoms with E-state index in [0.29, 0.717) is 5.92 Å². The van der Waals surface area contributed by atoms with Crippen molar-refractivity contribution in [2.24, 2.45) is 11.7 Å². The van der Waals surface area contributed by atoms with E-state index in [9.17, 15) is 4.39 Å². The number of hydrogen-bond acceptors (Lipinski definition) is 2. The topological polar surface area (TPSA) is 46.2 Å². The van der Waals surface area contributed by atoms with E-state index in [-0.39, 0.29) is 30.9 Å². The Morgan fingerprint density at radius 2 is 2.12 bits per heavy atom. The number of halogens is 2. The average molecular weight is 248 g/mol. The number of hydrogen-bond donors (Lipinski definition) is 2. The smallest absolute Gasteiger partial charge is 0.123 e. The summed E-state index contributed by atoms with van der Waals surface area (Å²) in [6.07, 6.45) is 1.55. The van der Waals surface area contributed by atoms with Crippen molar-refractivity contribution in [3.63, 3.8) is 0 Å². The zero-order valence-corrected chi connectivity index (χ0v) is 10.2.